The summed E-state index contributed by atoms with van der Waals surface area (Å²) >= 11 is 0. The van der Waals surface area contributed by atoms with Crippen LogP contribution in [0.15, 0.2) is 48.5 Å². The Labute approximate surface area is 132 Å². The van der Waals surface area contributed by atoms with E-state index in [-0.39, 0.29) is 12.1 Å². The van der Waals surface area contributed by atoms with E-state index in [9.17, 15) is 18.4 Å². The highest BCUT2D eigenvalue weighted by atomic mass is 19.1. The molecule has 0 atom stereocenters. The molecule has 0 heterocycles. The average Bonchev–Trinajstić information content (AvgIpc) is 2.51. The number of rotatable bonds is 6. The molecule has 2 aromatic carbocycles. The van der Waals surface area contributed by atoms with Crippen LogP contribution in [-0.2, 0) is 20.7 Å². The second kappa shape index (κ2) is 8.03. The van der Waals surface area contributed by atoms with Gasteiger partial charge in [-0.2, -0.15) is 0 Å². The van der Waals surface area contributed by atoms with E-state index in [0.29, 0.717) is 12.5 Å². The van der Waals surface area contributed by atoms with Crippen molar-refractivity contribution in [3.8, 4) is 0 Å². The summed E-state index contributed by atoms with van der Waals surface area (Å²) in [5.41, 5.74) is 0.956. The van der Waals surface area contributed by atoms with Gasteiger partial charge in [0.15, 0.2) is 6.61 Å². The summed E-state index contributed by atoms with van der Waals surface area (Å²) in [5.74, 6) is -2.79. The largest absolute Gasteiger partial charge is 0.456 e. The van der Waals surface area contributed by atoms with Crippen LogP contribution in [0.4, 0.5) is 14.5 Å². The lowest BCUT2D eigenvalue weighted by molar-refractivity contribution is -0.147. The lowest BCUT2D eigenvalue weighted by Crippen LogP contribution is -2.21. The third-order valence-electron chi connectivity index (χ3n) is 2.97. The number of anilines is 1. The Kier molecular flexibility index (Phi) is 5.80. The van der Waals surface area contributed by atoms with Crippen LogP contribution in [0.2, 0.25) is 0 Å². The Balaban J connectivity index is 1.74. The van der Waals surface area contributed by atoms with Crippen molar-refractivity contribution >= 4 is 17.6 Å². The molecule has 0 fully saturated rings. The van der Waals surface area contributed by atoms with Crippen LogP contribution in [0, 0.1) is 11.6 Å². The number of ether oxygens (including phenoxy) is 1. The van der Waals surface area contributed by atoms with Gasteiger partial charge in [0.1, 0.15) is 11.6 Å². The number of esters is 1. The molecule has 4 nitrogen and oxygen atoms in total. The molecule has 2 aromatic rings. The van der Waals surface area contributed by atoms with Crippen molar-refractivity contribution in [1.82, 2.24) is 0 Å². The minimum absolute atomic E-state index is 0.0344. The number of hydrogen-bond donors (Lipinski definition) is 1. The average molecular weight is 319 g/mol. The van der Waals surface area contributed by atoms with E-state index in [1.165, 1.54) is 0 Å². The molecule has 0 spiro atoms. The molecule has 0 saturated carbocycles. The smallest absolute Gasteiger partial charge is 0.306 e. The topological polar surface area (TPSA) is 55.4 Å². The summed E-state index contributed by atoms with van der Waals surface area (Å²) in [6, 6.07) is 12.0. The maximum Gasteiger partial charge on any atom is 0.306 e. The van der Waals surface area contributed by atoms with Gasteiger partial charge in [0, 0.05) is 18.2 Å². The van der Waals surface area contributed by atoms with E-state index in [2.05, 4.69) is 5.32 Å². The van der Waals surface area contributed by atoms with Gasteiger partial charge in [0.2, 0.25) is 0 Å². The van der Waals surface area contributed by atoms with Crippen LogP contribution >= 0.6 is 0 Å². The fourth-order valence-corrected chi connectivity index (χ4v) is 1.93. The van der Waals surface area contributed by atoms with Gasteiger partial charge in [0.05, 0.1) is 0 Å². The fourth-order valence-electron chi connectivity index (χ4n) is 1.93. The van der Waals surface area contributed by atoms with Crippen LogP contribution in [0.5, 0.6) is 0 Å². The summed E-state index contributed by atoms with van der Waals surface area (Å²) in [5, 5.41) is 2.26. The van der Waals surface area contributed by atoms with E-state index in [1.807, 2.05) is 30.3 Å². The number of benzene rings is 2. The summed E-state index contributed by atoms with van der Waals surface area (Å²) in [6.07, 6.45) is 0.655. The monoisotopic (exact) mass is 319 g/mol. The van der Waals surface area contributed by atoms with E-state index in [4.69, 9.17) is 4.74 Å². The van der Waals surface area contributed by atoms with Gasteiger partial charge in [-0.25, -0.2) is 8.78 Å². The van der Waals surface area contributed by atoms with Crippen LogP contribution in [0.1, 0.15) is 12.0 Å². The molecule has 1 N–H and O–H groups in total. The molecule has 0 aromatic heterocycles. The first-order valence-corrected chi connectivity index (χ1v) is 6.98. The van der Waals surface area contributed by atoms with Crippen LogP contribution < -0.4 is 5.32 Å². The molecule has 6 heteroatoms. The second-order valence-corrected chi connectivity index (χ2v) is 4.85. The zero-order valence-electron chi connectivity index (χ0n) is 12.2. The Morgan fingerprint density at radius 2 is 1.65 bits per heavy atom. The third kappa shape index (κ3) is 5.86. The normalized spacial score (nSPS) is 10.2. The minimum atomic E-state index is -0.805. The van der Waals surface area contributed by atoms with Crippen molar-refractivity contribution in [1.29, 1.82) is 0 Å². The van der Waals surface area contributed by atoms with Crippen molar-refractivity contribution < 1.29 is 23.1 Å². The van der Waals surface area contributed by atoms with E-state index in [1.54, 1.807) is 0 Å². The summed E-state index contributed by atoms with van der Waals surface area (Å²) in [4.78, 5) is 23.1. The van der Waals surface area contributed by atoms with Crippen molar-refractivity contribution in [2.75, 3.05) is 11.9 Å². The standard InChI is InChI=1S/C17H15F2NO3/c18-13-8-14(19)10-15(9-13)20-16(21)11-23-17(22)7-6-12-4-2-1-3-5-12/h1-5,8-10H,6-7,11H2,(H,20,21). The zero-order valence-corrected chi connectivity index (χ0v) is 12.2. The van der Waals surface area contributed by atoms with Gasteiger partial charge in [-0.05, 0) is 24.1 Å². The predicted molar refractivity (Wildman–Crippen MR) is 80.7 cm³/mol. The Morgan fingerprint density at radius 1 is 1.00 bits per heavy atom. The Bertz CT molecular complexity index is 669. The molecule has 0 bridgehead atoms. The van der Waals surface area contributed by atoms with Gasteiger partial charge in [-0.3, -0.25) is 9.59 Å². The quantitative estimate of drug-likeness (QED) is 0.833. The number of aryl methyl sites for hydroxylation is 1. The molecule has 0 radical (unpaired) electrons. The molecular weight excluding hydrogens is 304 g/mol. The molecule has 0 aliphatic heterocycles. The maximum atomic E-state index is 13.0. The van der Waals surface area contributed by atoms with Gasteiger partial charge in [-0.15, -0.1) is 0 Å². The predicted octanol–water partition coefficient (Wildman–Crippen LogP) is 3.08. The lowest BCUT2D eigenvalue weighted by atomic mass is 10.1. The molecule has 0 saturated heterocycles. The van der Waals surface area contributed by atoms with Crippen LogP contribution in [0.25, 0.3) is 0 Å². The van der Waals surface area contributed by atoms with Crippen molar-refractivity contribution in [3.63, 3.8) is 0 Å². The minimum Gasteiger partial charge on any atom is -0.456 e. The highest BCUT2D eigenvalue weighted by Gasteiger charge is 2.09. The Hall–Kier alpha value is -2.76. The van der Waals surface area contributed by atoms with Crippen molar-refractivity contribution in [3.05, 3.63) is 65.7 Å². The summed E-state index contributed by atoms with van der Waals surface area (Å²) < 4.78 is 30.8. The molecule has 23 heavy (non-hydrogen) atoms. The SMILES string of the molecule is O=C(COC(=O)CCc1ccccc1)Nc1cc(F)cc(F)c1. The van der Waals surface area contributed by atoms with E-state index < -0.39 is 30.1 Å². The third-order valence-corrected chi connectivity index (χ3v) is 2.97. The highest BCUT2D eigenvalue weighted by Crippen LogP contribution is 2.12. The second-order valence-electron chi connectivity index (χ2n) is 4.85. The first-order chi connectivity index (χ1) is 11.0. The van der Waals surface area contributed by atoms with Crippen LogP contribution in [-0.4, -0.2) is 18.5 Å². The zero-order chi connectivity index (χ0) is 16.7. The van der Waals surface area contributed by atoms with Gasteiger partial charge in [0.25, 0.3) is 5.91 Å². The van der Waals surface area contributed by atoms with Crippen molar-refractivity contribution in [2.24, 2.45) is 0 Å². The molecule has 2 rings (SSSR count). The molecule has 1 amide bonds. The highest BCUT2D eigenvalue weighted by molar-refractivity contribution is 5.92. The number of halogens is 2. The number of carbonyl (C=O) groups excluding carboxylic acids is 2. The molecule has 120 valence electrons. The first kappa shape index (κ1) is 16.6. The van der Waals surface area contributed by atoms with Gasteiger partial charge >= 0.3 is 5.97 Å². The summed E-state index contributed by atoms with van der Waals surface area (Å²) in [7, 11) is 0. The maximum absolute atomic E-state index is 13.0. The van der Waals surface area contributed by atoms with Gasteiger partial charge < -0.3 is 10.1 Å². The molecule has 0 aliphatic carbocycles. The van der Waals surface area contributed by atoms with E-state index >= 15 is 0 Å². The molecular formula is C17H15F2NO3. The summed E-state index contributed by atoms with van der Waals surface area (Å²) in [6.45, 7) is -0.508. The number of carbonyl (C=O) groups is 2. The van der Waals surface area contributed by atoms with Gasteiger partial charge in [-0.1, -0.05) is 30.3 Å². The number of nitrogens with one attached hydrogen (secondary N) is 1. The first-order valence-electron chi connectivity index (χ1n) is 6.98. The van der Waals surface area contributed by atoms with Crippen molar-refractivity contribution in [2.45, 2.75) is 12.8 Å². The fraction of sp³-hybridized carbons (Fsp3) is 0.176. The molecule has 0 aliphatic rings. The number of amides is 1. The van der Waals surface area contributed by atoms with Crippen LogP contribution in [0.3, 0.4) is 0 Å². The molecule has 0 unspecified atom stereocenters. The number of hydrogen-bond acceptors (Lipinski definition) is 3. The lowest BCUT2D eigenvalue weighted by Gasteiger charge is -2.07. The Morgan fingerprint density at radius 3 is 2.30 bits per heavy atom. The van der Waals surface area contributed by atoms with E-state index in [0.717, 1.165) is 17.7 Å².